The first-order valence-corrected chi connectivity index (χ1v) is 13.0. The number of hydrogen-bond acceptors (Lipinski definition) is 7. The Hall–Kier alpha value is -5.69. The van der Waals surface area contributed by atoms with Crippen LogP contribution < -0.4 is 9.47 Å². The van der Waals surface area contributed by atoms with Crippen LogP contribution in [0, 0.1) is 0 Å². The number of esters is 1. The zero-order valence-electron chi connectivity index (χ0n) is 22.7. The number of rotatable bonds is 5. The zero-order valence-corrected chi connectivity index (χ0v) is 22.7. The van der Waals surface area contributed by atoms with Crippen LogP contribution >= 0.6 is 0 Å². The predicted octanol–water partition coefficient (Wildman–Crippen LogP) is 6.12. The van der Waals surface area contributed by atoms with Gasteiger partial charge in [0.15, 0.2) is 23.1 Å². The van der Waals surface area contributed by atoms with Crippen molar-refractivity contribution in [2.45, 2.75) is 6.92 Å². The normalized spacial score (nSPS) is 13.0. The van der Waals surface area contributed by atoms with Gasteiger partial charge in [-0.05, 0) is 47.0 Å². The molecule has 0 aromatic heterocycles. The van der Waals surface area contributed by atoms with E-state index in [0.717, 1.165) is 0 Å². The number of hydrogen-bond donors (Lipinski definition) is 0. The molecule has 2 aliphatic rings. The van der Waals surface area contributed by atoms with Crippen LogP contribution in [0.4, 0.5) is 0 Å². The minimum absolute atomic E-state index is 0.00910. The Balaban J connectivity index is 1.57. The summed E-state index contributed by atoms with van der Waals surface area (Å²) in [5.74, 6) is -2.11. The quantitative estimate of drug-likeness (QED) is 0.187. The van der Waals surface area contributed by atoms with Crippen LogP contribution in [0.2, 0.25) is 0 Å². The molecule has 0 amide bonds. The standard InChI is InChI=1S/C35H22O7/c1-5-18-9-7-10-22-27(18)32(38)24-14-13-21(35(41-4)30(24)33(22)39)20-15-19(6-2)28-25(16-20)34(40)29-23(31(28)37)11-8-12-26(29)42-17(3)36/h5-16H,1-2H2,3-4H3. The van der Waals surface area contributed by atoms with Gasteiger partial charge in [-0.3, -0.25) is 24.0 Å². The van der Waals surface area contributed by atoms with Gasteiger partial charge in [0.25, 0.3) is 0 Å². The molecule has 0 bridgehead atoms. The molecule has 7 heteroatoms. The second-order valence-electron chi connectivity index (χ2n) is 9.82. The third-order valence-corrected chi connectivity index (χ3v) is 7.54. The first-order chi connectivity index (χ1) is 20.2. The molecule has 0 saturated heterocycles. The van der Waals surface area contributed by atoms with E-state index < -0.39 is 17.5 Å². The maximum Gasteiger partial charge on any atom is 0.308 e. The topological polar surface area (TPSA) is 104 Å². The van der Waals surface area contributed by atoms with Gasteiger partial charge in [-0.25, -0.2) is 0 Å². The fourth-order valence-corrected chi connectivity index (χ4v) is 5.77. The Labute approximate surface area is 240 Å². The van der Waals surface area contributed by atoms with E-state index in [2.05, 4.69) is 13.2 Å². The highest BCUT2D eigenvalue weighted by atomic mass is 16.5. The SMILES string of the molecule is C=Cc1cc(-c2ccc3c(c2OC)C(=O)c2cccc(C=C)c2C3=O)cc2c1C(=O)c1cccc(OC(C)=O)c1C2=O. The van der Waals surface area contributed by atoms with E-state index in [-0.39, 0.29) is 67.6 Å². The minimum Gasteiger partial charge on any atom is -0.495 e. The fraction of sp³-hybridized carbons (Fsp3) is 0.0571. The van der Waals surface area contributed by atoms with Crippen molar-refractivity contribution in [3.05, 3.63) is 129 Å². The second-order valence-corrected chi connectivity index (χ2v) is 9.82. The molecule has 2 aliphatic carbocycles. The van der Waals surface area contributed by atoms with Crippen LogP contribution in [0.1, 0.15) is 81.7 Å². The maximum atomic E-state index is 13.9. The summed E-state index contributed by atoms with van der Waals surface area (Å²) in [6.07, 6.45) is 3.01. The van der Waals surface area contributed by atoms with Gasteiger partial charge >= 0.3 is 5.97 Å². The summed E-state index contributed by atoms with van der Waals surface area (Å²) in [5.41, 5.74) is 3.04. The van der Waals surface area contributed by atoms with Crippen LogP contribution in [0.5, 0.6) is 11.5 Å². The van der Waals surface area contributed by atoms with Crippen molar-refractivity contribution in [3.63, 3.8) is 0 Å². The number of ether oxygens (including phenoxy) is 2. The monoisotopic (exact) mass is 554 g/mol. The number of carbonyl (C=O) groups is 5. The Morgan fingerprint density at radius 1 is 0.643 bits per heavy atom. The van der Waals surface area contributed by atoms with E-state index in [4.69, 9.17) is 9.47 Å². The Morgan fingerprint density at radius 3 is 1.83 bits per heavy atom. The maximum absolute atomic E-state index is 13.9. The lowest BCUT2D eigenvalue weighted by molar-refractivity contribution is -0.131. The molecule has 0 spiro atoms. The van der Waals surface area contributed by atoms with Gasteiger partial charge < -0.3 is 9.47 Å². The number of methoxy groups -OCH3 is 1. The van der Waals surface area contributed by atoms with Gasteiger partial charge in [0.05, 0.1) is 18.2 Å². The largest absolute Gasteiger partial charge is 0.495 e. The lowest BCUT2D eigenvalue weighted by atomic mass is 9.78. The van der Waals surface area contributed by atoms with Gasteiger partial charge in [0.2, 0.25) is 0 Å². The van der Waals surface area contributed by atoms with E-state index in [1.54, 1.807) is 48.5 Å². The van der Waals surface area contributed by atoms with Crippen molar-refractivity contribution < 1.29 is 33.4 Å². The van der Waals surface area contributed by atoms with Gasteiger partial charge in [-0.1, -0.05) is 55.6 Å². The minimum atomic E-state index is -0.630. The molecule has 42 heavy (non-hydrogen) atoms. The third-order valence-electron chi connectivity index (χ3n) is 7.54. The van der Waals surface area contributed by atoms with Gasteiger partial charge in [0, 0.05) is 45.9 Å². The van der Waals surface area contributed by atoms with Crippen LogP contribution in [-0.2, 0) is 4.79 Å². The highest BCUT2D eigenvalue weighted by Crippen LogP contribution is 2.43. The second kappa shape index (κ2) is 9.74. The summed E-state index contributed by atoms with van der Waals surface area (Å²) in [6, 6.07) is 15.9. The molecule has 0 radical (unpaired) electrons. The lowest BCUT2D eigenvalue weighted by Gasteiger charge is -2.24. The van der Waals surface area contributed by atoms with Crippen molar-refractivity contribution in [3.8, 4) is 22.6 Å². The van der Waals surface area contributed by atoms with Crippen molar-refractivity contribution in [2.24, 2.45) is 0 Å². The van der Waals surface area contributed by atoms with Crippen LogP contribution in [-0.4, -0.2) is 36.2 Å². The number of ketones is 4. The number of benzene rings is 4. The molecule has 6 rings (SSSR count). The van der Waals surface area contributed by atoms with Crippen LogP contribution in [0.25, 0.3) is 23.3 Å². The average molecular weight is 555 g/mol. The van der Waals surface area contributed by atoms with E-state index in [0.29, 0.717) is 22.3 Å². The van der Waals surface area contributed by atoms with Crippen LogP contribution in [0.15, 0.2) is 73.8 Å². The lowest BCUT2D eigenvalue weighted by Crippen LogP contribution is -2.24. The van der Waals surface area contributed by atoms with Crippen LogP contribution in [0.3, 0.4) is 0 Å². The summed E-state index contributed by atoms with van der Waals surface area (Å²) in [7, 11) is 1.40. The Kier molecular flexibility index (Phi) is 6.16. The van der Waals surface area contributed by atoms with Gasteiger partial charge in [-0.2, -0.15) is 0 Å². The summed E-state index contributed by atoms with van der Waals surface area (Å²) in [5, 5.41) is 0. The molecule has 4 aromatic carbocycles. The van der Waals surface area contributed by atoms with E-state index >= 15 is 0 Å². The molecular formula is C35H22O7. The molecule has 0 aliphatic heterocycles. The molecule has 0 atom stereocenters. The van der Waals surface area contributed by atoms with E-state index in [1.807, 2.05) is 0 Å². The van der Waals surface area contributed by atoms with Crippen molar-refractivity contribution in [2.75, 3.05) is 7.11 Å². The van der Waals surface area contributed by atoms with Crippen molar-refractivity contribution in [1.82, 2.24) is 0 Å². The highest BCUT2D eigenvalue weighted by molar-refractivity contribution is 6.32. The Bertz CT molecular complexity index is 1980. The van der Waals surface area contributed by atoms with E-state index in [9.17, 15) is 24.0 Å². The van der Waals surface area contributed by atoms with Crippen molar-refractivity contribution >= 4 is 41.3 Å². The molecular weight excluding hydrogens is 532 g/mol. The third kappa shape index (κ3) is 3.71. The molecule has 204 valence electrons. The molecule has 0 saturated carbocycles. The van der Waals surface area contributed by atoms with Crippen molar-refractivity contribution in [1.29, 1.82) is 0 Å². The summed E-state index contributed by atoms with van der Waals surface area (Å²) < 4.78 is 11.0. The molecule has 0 unspecified atom stereocenters. The average Bonchev–Trinajstić information content (AvgIpc) is 3.00. The molecule has 0 heterocycles. The van der Waals surface area contributed by atoms with E-state index in [1.165, 1.54) is 38.3 Å². The smallest absolute Gasteiger partial charge is 0.308 e. The summed E-state index contributed by atoms with van der Waals surface area (Å²) in [6.45, 7) is 8.83. The number of fused-ring (bicyclic) bond motifs is 4. The first-order valence-electron chi connectivity index (χ1n) is 13.0. The van der Waals surface area contributed by atoms with Gasteiger partial charge in [-0.15, -0.1) is 0 Å². The molecule has 0 N–H and O–H groups in total. The molecule has 7 nitrogen and oxygen atoms in total. The molecule has 4 aromatic rings. The highest BCUT2D eigenvalue weighted by Gasteiger charge is 2.37. The summed E-state index contributed by atoms with van der Waals surface area (Å²) >= 11 is 0. The van der Waals surface area contributed by atoms with Gasteiger partial charge in [0.1, 0.15) is 11.5 Å². The Morgan fingerprint density at radius 2 is 1.19 bits per heavy atom. The zero-order chi connectivity index (χ0) is 29.9. The number of carbonyl (C=O) groups excluding carboxylic acids is 5. The predicted molar refractivity (Wildman–Crippen MR) is 157 cm³/mol. The summed E-state index contributed by atoms with van der Waals surface area (Å²) in [4.78, 5) is 66.6. The fourth-order valence-electron chi connectivity index (χ4n) is 5.77. The first kappa shape index (κ1) is 26.5. The molecule has 0 fully saturated rings.